The average Bonchev–Trinajstić information content (AvgIpc) is 2.97. The fourth-order valence-electron chi connectivity index (χ4n) is 2.73. The number of carbonyl (C=O) groups is 1. The zero-order chi connectivity index (χ0) is 20.1. The Labute approximate surface area is 164 Å². The van der Waals surface area contributed by atoms with Crippen molar-refractivity contribution in [3.63, 3.8) is 0 Å². The molecule has 0 bridgehead atoms. The van der Waals surface area contributed by atoms with Crippen molar-refractivity contribution in [3.05, 3.63) is 23.8 Å². The second-order valence-corrected chi connectivity index (χ2v) is 15.1. The highest BCUT2D eigenvalue weighted by molar-refractivity contribution is 6.76. The van der Waals surface area contributed by atoms with E-state index in [0.29, 0.717) is 19.8 Å². The van der Waals surface area contributed by atoms with Crippen molar-refractivity contribution in [1.29, 1.82) is 0 Å². The first kappa shape index (κ1) is 21.7. The van der Waals surface area contributed by atoms with E-state index in [0.717, 1.165) is 25.1 Å². The van der Waals surface area contributed by atoms with Gasteiger partial charge in [-0.3, -0.25) is 0 Å². The molecule has 0 radical (unpaired) electrons. The fourth-order valence-corrected chi connectivity index (χ4v) is 3.48. The summed E-state index contributed by atoms with van der Waals surface area (Å²) in [4.78, 5) is 18.4. The van der Waals surface area contributed by atoms with E-state index in [4.69, 9.17) is 9.47 Å². The van der Waals surface area contributed by atoms with Crippen LogP contribution in [0.15, 0.2) is 18.1 Å². The minimum absolute atomic E-state index is 0.221. The predicted molar refractivity (Wildman–Crippen MR) is 111 cm³/mol. The molecule has 1 aromatic heterocycles. The number of rotatable bonds is 6. The van der Waals surface area contributed by atoms with Gasteiger partial charge in [-0.05, 0) is 45.7 Å². The van der Waals surface area contributed by atoms with Crippen molar-refractivity contribution in [2.24, 2.45) is 0 Å². The number of carbonyl (C=O) groups excluding carboxylic acids is 1. The van der Waals surface area contributed by atoms with Gasteiger partial charge in [0.1, 0.15) is 12.3 Å². The molecule has 0 aromatic carbocycles. The quantitative estimate of drug-likeness (QED) is 0.523. The van der Waals surface area contributed by atoms with Crippen LogP contribution in [0, 0.1) is 0 Å². The van der Waals surface area contributed by atoms with Crippen LogP contribution in [0.4, 0.5) is 4.79 Å². The van der Waals surface area contributed by atoms with Gasteiger partial charge < -0.3 is 18.9 Å². The third-order valence-corrected chi connectivity index (χ3v) is 6.00. The maximum Gasteiger partial charge on any atom is 0.410 e. The number of amides is 1. The van der Waals surface area contributed by atoms with Gasteiger partial charge in [-0.2, -0.15) is 0 Å². The van der Waals surface area contributed by atoms with Crippen molar-refractivity contribution in [2.45, 2.75) is 71.6 Å². The van der Waals surface area contributed by atoms with Crippen LogP contribution < -0.4 is 0 Å². The smallest absolute Gasteiger partial charge is 0.410 e. The lowest BCUT2D eigenvalue weighted by Gasteiger charge is -2.30. The molecule has 0 unspecified atom stereocenters. The van der Waals surface area contributed by atoms with Gasteiger partial charge in [-0.25, -0.2) is 9.78 Å². The van der Waals surface area contributed by atoms with Crippen molar-refractivity contribution >= 4 is 20.2 Å². The number of hydrogen-bond donors (Lipinski definition) is 0. The Morgan fingerprint density at radius 1 is 1.26 bits per heavy atom. The number of imidazole rings is 1. The van der Waals surface area contributed by atoms with E-state index in [1.54, 1.807) is 4.90 Å². The molecular weight excluding hydrogens is 358 g/mol. The van der Waals surface area contributed by atoms with Crippen LogP contribution in [0.25, 0.3) is 6.08 Å². The Kier molecular flexibility index (Phi) is 7.28. The zero-order valence-electron chi connectivity index (χ0n) is 17.7. The van der Waals surface area contributed by atoms with Crippen molar-refractivity contribution in [1.82, 2.24) is 14.5 Å². The first-order valence-corrected chi connectivity index (χ1v) is 13.5. The minimum atomic E-state index is -1.04. The lowest BCUT2D eigenvalue weighted by molar-refractivity contribution is 0.0237. The van der Waals surface area contributed by atoms with Gasteiger partial charge in [0.2, 0.25) is 0 Å². The standard InChI is InChI=1S/C20H35N3O3Si/c1-20(2,3)26-19(24)23-9-7-17(8-10-23)13-18-14-22(15-21-18)16-25-11-12-27(4,5)6/h13-15H,7-12,16H2,1-6H3. The summed E-state index contributed by atoms with van der Waals surface area (Å²) >= 11 is 0. The number of aromatic nitrogens is 2. The molecule has 1 aliphatic rings. The third-order valence-electron chi connectivity index (χ3n) is 4.30. The lowest BCUT2D eigenvalue weighted by atomic mass is 10.0. The maximum atomic E-state index is 12.1. The lowest BCUT2D eigenvalue weighted by Crippen LogP contribution is -2.40. The summed E-state index contributed by atoms with van der Waals surface area (Å²) in [7, 11) is -1.04. The topological polar surface area (TPSA) is 56.6 Å². The van der Waals surface area contributed by atoms with Crippen LogP contribution in [-0.2, 0) is 16.2 Å². The largest absolute Gasteiger partial charge is 0.444 e. The van der Waals surface area contributed by atoms with Gasteiger partial charge in [0.25, 0.3) is 0 Å². The first-order chi connectivity index (χ1) is 12.5. The molecule has 0 saturated carbocycles. The van der Waals surface area contributed by atoms with Crippen LogP contribution in [0.5, 0.6) is 0 Å². The number of piperidine rings is 1. The first-order valence-electron chi connectivity index (χ1n) is 9.79. The number of hydrogen-bond acceptors (Lipinski definition) is 4. The molecule has 0 aliphatic carbocycles. The molecular formula is C20H35N3O3Si. The fraction of sp³-hybridized carbons (Fsp3) is 0.700. The van der Waals surface area contributed by atoms with Crippen LogP contribution in [0.2, 0.25) is 25.7 Å². The van der Waals surface area contributed by atoms with Crippen molar-refractivity contribution in [3.8, 4) is 0 Å². The highest BCUT2D eigenvalue weighted by atomic mass is 28.3. The van der Waals surface area contributed by atoms with E-state index in [1.165, 1.54) is 11.6 Å². The second kappa shape index (κ2) is 9.06. The van der Waals surface area contributed by atoms with Gasteiger partial charge in [-0.1, -0.05) is 25.2 Å². The predicted octanol–water partition coefficient (Wildman–Crippen LogP) is 4.61. The van der Waals surface area contributed by atoms with E-state index in [1.807, 2.05) is 37.9 Å². The molecule has 2 heterocycles. The molecule has 0 atom stereocenters. The van der Waals surface area contributed by atoms with Gasteiger partial charge in [-0.15, -0.1) is 0 Å². The van der Waals surface area contributed by atoms with E-state index < -0.39 is 13.7 Å². The summed E-state index contributed by atoms with van der Waals surface area (Å²) in [6.45, 7) is 15.5. The van der Waals surface area contributed by atoms with Gasteiger partial charge in [0.15, 0.2) is 0 Å². The molecule has 6 nitrogen and oxygen atoms in total. The second-order valence-electron chi connectivity index (χ2n) is 9.43. The summed E-state index contributed by atoms with van der Waals surface area (Å²) < 4.78 is 13.2. The van der Waals surface area contributed by atoms with E-state index >= 15 is 0 Å². The molecule has 152 valence electrons. The summed E-state index contributed by atoms with van der Waals surface area (Å²) in [6, 6.07) is 1.17. The molecule has 27 heavy (non-hydrogen) atoms. The summed E-state index contributed by atoms with van der Waals surface area (Å²) in [5, 5.41) is 0. The highest BCUT2D eigenvalue weighted by Crippen LogP contribution is 2.21. The molecule has 1 aliphatic heterocycles. The molecule has 0 spiro atoms. The van der Waals surface area contributed by atoms with Crippen LogP contribution in [0.3, 0.4) is 0 Å². The zero-order valence-corrected chi connectivity index (χ0v) is 18.7. The molecule has 1 fully saturated rings. The Morgan fingerprint density at radius 3 is 2.52 bits per heavy atom. The SMILES string of the molecule is CC(C)(C)OC(=O)N1CCC(=Cc2cn(COCC[Si](C)(C)C)cn2)CC1. The number of ether oxygens (including phenoxy) is 2. The monoisotopic (exact) mass is 393 g/mol. The van der Waals surface area contributed by atoms with Gasteiger partial charge >= 0.3 is 6.09 Å². The molecule has 1 aromatic rings. The Morgan fingerprint density at radius 2 is 1.93 bits per heavy atom. The maximum absolute atomic E-state index is 12.1. The molecule has 1 saturated heterocycles. The Balaban J connectivity index is 1.78. The van der Waals surface area contributed by atoms with Crippen LogP contribution in [0.1, 0.15) is 39.3 Å². The Bertz CT molecular complexity index is 646. The van der Waals surface area contributed by atoms with E-state index in [9.17, 15) is 4.79 Å². The van der Waals surface area contributed by atoms with Crippen LogP contribution >= 0.6 is 0 Å². The van der Waals surface area contributed by atoms with Crippen LogP contribution in [-0.4, -0.2) is 53.9 Å². The van der Waals surface area contributed by atoms with E-state index in [2.05, 4.69) is 30.7 Å². The van der Waals surface area contributed by atoms with Crippen molar-refractivity contribution in [2.75, 3.05) is 19.7 Å². The molecule has 2 rings (SSSR count). The van der Waals surface area contributed by atoms with Crippen molar-refractivity contribution < 1.29 is 14.3 Å². The highest BCUT2D eigenvalue weighted by Gasteiger charge is 2.24. The van der Waals surface area contributed by atoms with Gasteiger partial charge in [0.05, 0.1) is 12.0 Å². The molecule has 1 amide bonds. The normalized spacial score (nSPS) is 15.8. The summed E-state index contributed by atoms with van der Waals surface area (Å²) in [5.74, 6) is 0. The number of nitrogens with zero attached hydrogens (tertiary/aromatic N) is 3. The molecule has 7 heteroatoms. The van der Waals surface area contributed by atoms with Gasteiger partial charge in [0, 0.05) is 34.0 Å². The summed E-state index contributed by atoms with van der Waals surface area (Å²) in [5.41, 5.74) is 1.82. The third kappa shape index (κ3) is 8.30. The molecule has 0 N–H and O–H groups in total. The average molecular weight is 394 g/mol. The minimum Gasteiger partial charge on any atom is -0.444 e. The summed E-state index contributed by atoms with van der Waals surface area (Å²) in [6.07, 6.45) is 7.46. The van der Waals surface area contributed by atoms with E-state index in [-0.39, 0.29) is 6.09 Å². The number of likely N-dealkylation sites (tertiary alicyclic amines) is 1. The Hall–Kier alpha value is -1.60.